The molecule has 6 heteroatoms. The molecule has 22 heavy (non-hydrogen) atoms. The van der Waals surface area contributed by atoms with E-state index in [1.54, 1.807) is 18.9 Å². The van der Waals surface area contributed by atoms with Crippen LogP contribution in [0.25, 0.3) is 0 Å². The van der Waals surface area contributed by atoms with E-state index in [2.05, 4.69) is 0 Å². The lowest BCUT2D eigenvalue weighted by atomic mass is 10.1. The Hall–Kier alpha value is -1.56. The first-order valence-corrected chi connectivity index (χ1v) is 9.30. The smallest absolute Gasteiger partial charge is 0.226 e. The van der Waals surface area contributed by atoms with Gasteiger partial charge >= 0.3 is 0 Å². The van der Waals surface area contributed by atoms with Gasteiger partial charge < -0.3 is 9.64 Å². The number of likely N-dealkylation sites (tertiary alicyclic amines) is 1. The fourth-order valence-electron chi connectivity index (χ4n) is 2.73. The Morgan fingerprint density at radius 1 is 1.23 bits per heavy atom. The van der Waals surface area contributed by atoms with Crippen LogP contribution in [-0.2, 0) is 21.1 Å². The minimum Gasteiger partial charge on any atom is -0.497 e. The summed E-state index contributed by atoms with van der Waals surface area (Å²) in [6.45, 7) is 2.73. The summed E-state index contributed by atoms with van der Waals surface area (Å²) in [7, 11) is -1.38. The lowest BCUT2D eigenvalue weighted by Gasteiger charge is -2.31. The van der Waals surface area contributed by atoms with Crippen molar-refractivity contribution in [2.24, 2.45) is 0 Å². The molecule has 1 aromatic carbocycles. The van der Waals surface area contributed by atoms with Crippen molar-refractivity contribution in [2.45, 2.75) is 31.4 Å². The van der Waals surface area contributed by atoms with Gasteiger partial charge in [0.2, 0.25) is 5.91 Å². The van der Waals surface area contributed by atoms with Crippen molar-refractivity contribution in [1.82, 2.24) is 4.90 Å². The van der Waals surface area contributed by atoms with Crippen molar-refractivity contribution in [2.75, 3.05) is 26.0 Å². The van der Waals surface area contributed by atoms with Crippen LogP contribution in [0.5, 0.6) is 5.75 Å². The molecule has 0 bridgehead atoms. The minimum atomic E-state index is -2.99. The van der Waals surface area contributed by atoms with E-state index in [-0.39, 0.29) is 16.9 Å². The highest BCUT2D eigenvalue weighted by molar-refractivity contribution is 7.92. The molecule has 0 spiro atoms. The van der Waals surface area contributed by atoms with E-state index in [1.807, 2.05) is 24.3 Å². The molecule has 1 aliphatic rings. The Bertz CT molecular complexity index is 602. The van der Waals surface area contributed by atoms with Gasteiger partial charge in [-0.25, -0.2) is 8.42 Å². The van der Waals surface area contributed by atoms with Crippen LogP contribution in [0.4, 0.5) is 0 Å². The number of ether oxygens (including phenoxy) is 1. The molecular weight excluding hydrogens is 302 g/mol. The fraction of sp³-hybridized carbons (Fsp3) is 0.562. The maximum Gasteiger partial charge on any atom is 0.226 e. The lowest BCUT2D eigenvalue weighted by molar-refractivity contribution is -0.131. The zero-order chi connectivity index (χ0) is 16.2. The molecule has 0 aromatic heterocycles. The van der Waals surface area contributed by atoms with Gasteiger partial charge in [0.25, 0.3) is 0 Å². The number of carbonyl (C=O) groups is 1. The number of piperidine rings is 1. The van der Waals surface area contributed by atoms with Gasteiger partial charge in [-0.2, -0.15) is 0 Å². The number of benzene rings is 1. The van der Waals surface area contributed by atoms with Crippen LogP contribution in [-0.4, -0.2) is 50.4 Å². The fourth-order valence-corrected chi connectivity index (χ4v) is 4.13. The van der Waals surface area contributed by atoms with Crippen LogP contribution in [0.2, 0.25) is 0 Å². The molecule has 0 N–H and O–H groups in total. The predicted octanol–water partition coefficient (Wildman–Crippen LogP) is 1.66. The van der Waals surface area contributed by atoms with Crippen molar-refractivity contribution >= 4 is 15.7 Å². The van der Waals surface area contributed by atoms with Gasteiger partial charge in [-0.1, -0.05) is 19.1 Å². The molecular formula is C16H23NO4S. The van der Waals surface area contributed by atoms with Gasteiger partial charge in [-0.05, 0) is 30.5 Å². The molecule has 2 rings (SSSR count). The molecule has 1 saturated heterocycles. The molecule has 1 fully saturated rings. The third-order valence-corrected chi connectivity index (χ3v) is 6.51. The Balaban J connectivity index is 1.89. The number of amides is 1. The van der Waals surface area contributed by atoms with Gasteiger partial charge in [0.1, 0.15) is 5.75 Å². The molecule has 1 aromatic rings. The largest absolute Gasteiger partial charge is 0.497 e. The molecule has 0 unspecified atom stereocenters. The monoisotopic (exact) mass is 325 g/mol. The van der Waals surface area contributed by atoms with Crippen LogP contribution < -0.4 is 4.74 Å². The molecule has 0 atom stereocenters. The number of rotatable bonds is 5. The van der Waals surface area contributed by atoms with E-state index in [9.17, 15) is 13.2 Å². The van der Waals surface area contributed by atoms with Crippen molar-refractivity contribution in [3.8, 4) is 5.75 Å². The maximum absolute atomic E-state index is 12.3. The molecule has 0 radical (unpaired) electrons. The Labute approximate surface area is 132 Å². The molecule has 122 valence electrons. The number of methoxy groups -OCH3 is 1. The summed E-state index contributed by atoms with van der Waals surface area (Å²) < 4.78 is 28.8. The standard InChI is InChI=1S/C16H23NO4S/c1-3-22(19,20)15-8-10-17(11-9-15)16(18)12-13-4-6-14(21-2)7-5-13/h4-7,15H,3,8-12H2,1-2H3. The second kappa shape index (κ2) is 7.13. The summed E-state index contributed by atoms with van der Waals surface area (Å²) in [6.07, 6.45) is 1.43. The Kier molecular flexibility index (Phi) is 5.45. The van der Waals surface area contributed by atoms with Crippen LogP contribution in [0.3, 0.4) is 0 Å². The quantitative estimate of drug-likeness (QED) is 0.826. The second-order valence-electron chi connectivity index (χ2n) is 5.56. The summed E-state index contributed by atoms with van der Waals surface area (Å²) >= 11 is 0. The van der Waals surface area contributed by atoms with Crippen LogP contribution in [0.15, 0.2) is 24.3 Å². The number of nitrogens with zero attached hydrogens (tertiary/aromatic N) is 1. The van der Waals surface area contributed by atoms with E-state index in [1.165, 1.54) is 0 Å². The SMILES string of the molecule is CCS(=O)(=O)C1CCN(C(=O)Cc2ccc(OC)cc2)CC1. The highest BCUT2D eigenvalue weighted by atomic mass is 32.2. The Morgan fingerprint density at radius 3 is 2.32 bits per heavy atom. The van der Waals surface area contributed by atoms with Crippen LogP contribution in [0, 0.1) is 0 Å². The van der Waals surface area contributed by atoms with Gasteiger partial charge in [-0.15, -0.1) is 0 Å². The van der Waals surface area contributed by atoms with E-state index in [0.29, 0.717) is 32.4 Å². The van der Waals surface area contributed by atoms with Gasteiger partial charge in [0.15, 0.2) is 9.84 Å². The van der Waals surface area contributed by atoms with Crippen molar-refractivity contribution in [1.29, 1.82) is 0 Å². The normalized spacial score (nSPS) is 16.5. The molecule has 5 nitrogen and oxygen atoms in total. The molecule has 1 heterocycles. The third kappa shape index (κ3) is 4.00. The first-order valence-electron chi connectivity index (χ1n) is 7.58. The number of sulfone groups is 1. The second-order valence-corrected chi connectivity index (χ2v) is 8.13. The first kappa shape index (κ1) is 16.8. The topological polar surface area (TPSA) is 63.7 Å². The zero-order valence-corrected chi connectivity index (χ0v) is 13.9. The van der Waals surface area contributed by atoms with Crippen molar-refractivity contribution in [3.63, 3.8) is 0 Å². The third-order valence-electron chi connectivity index (χ3n) is 4.22. The van der Waals surface area contributed by atoms with E-state index in [0.717, 1.165) is 11.3 Å². The van der Waals surface area contributed by atoms with Crippen LogP contribution >= 0.6 is 0 Å². The average Bonchev–Trinajstić information content (AvgIpc) is 2.55. The predicted molar refractivity (Wildman–Crippen MR) is 85.8 cm³/mol. The highest BCUT2D eigenvalue weighted by Crippen LogP contribution is 2.20. The summed E-state index contributed by atoms with van der Waals surface area (Å²) in [6, 6.07) is 7.43. The van der Waals surface area contributed by atoms with Crippen molar-refractivity contribution in [3.05, 3.63) is 29.8 Å². The summed E-state index contributed by atoms with van der Waals surface area (Å²) in [5, 5.41) is -0.289. The Morgan fingerprint density at radius 2 is 1.82 bits per heavy atom. The maximum atomic E-state index is 12.3. The van der Waals surface area contributed by atoms with Gasteiger partial charge in [0.05, 0.1) is 18.8 Å². The summed E-state index contributed by atoms with van der Waals surface area (Å²) in [5.74, 6) is 0.997. The minimum absolute atomic E-state index is 0.0533. The molecule has 1 amide bonds. The number of hydrogen-bond acceptors (Lipinski definition) is 4. The van der Waals surface area contributed by atoms with Gasteiger partial charge in [-0.3, -0.25) is 4.79 Å². The van der Waals surface area contributed by atoms with Crippen molar-refractivity contribution < 1.29 is 17.9 Å². The number of carbonyl (C=O) groups excluding carboxylic acids is 1. The van der Waals surface area contributed by atoms with E-state index >= 15 is 0 Å². The van der Waals surface area contributed by atoms with E-state index < -0.39 is 9.84 Å². The average molecular weight is 325 g/mol. The van der Waals surface area contributed by atoms with Gasteiger partial charge in [0, 0.05) is 18.8 Å². The number of hydrogen-bond donors (Lipinski definition) is 0. The first-order chi connectivity index (χ1) is 10.5. The molecule has 0 aliphatic carbocycles. The highest BCUT2D eigenvalue weighted by Gasteiger charge is 2.30. The lowest BCUT2D eigenvalue weighted by Crippen LogP contribution is -2.43. The molecule has 0 saturated carbocycles. The zero-order valence-electron chi connectivity index (χ0n) is 13.1. The van der Waals surface area contributed by atoms with Crippen LogP contribution in [0.1, 0.15) is 25.3 Å². The molecule has 1 aliphatic heterocycles. The summed E-state index contributed by atoms with van der Waals surface area (Å²) in [4.78, 5) is 14.1. The van der Waals surface area contributed by atoms with E-state index in [4.69, 9.17) is 4.74 Å². The summed E-state index contributed by atoms with van der Waals surface area (Å²) in [5.41, 5.74) is 0.939.